The number of halogens is 2. The Kier molecular flexibility index (Phi) is 9.29. The van der Waals surface area contributed by atoms with Gasteiger partial charge in [0.05, 0.1) is 12.6 Å². The van der Waals surface area contributed by atoms with E-state index in [1.807, 2.05) is 62.4 Å². The maximum Gasteiger partial charge on any atom is 0.239 e. The Morgan fingerprint density at radius 1 is 1.04 bits per heavy atom. The molecule has 0 unspecified atom stereocenters. The van der Waals surface area contributed by atoms with Gasteiger partial charge < -0.3 is 16.4 Å². The molecule has 0 spiro atoms. The summed E-state index contributed by atoms with van der Waals surface area (Å²) in [5, 5.41) is 6.06. The molecule has 0 fully saturated rings. The zero-order chi connectivity index (χ0) is 19.1. The van der Waals surface area contributed by atoms with E-state index in [9.17, 15) is 9.59 Å². The lowest BCUT2D eigenvalue weighted by molar-refractivity contribution is -0.127. The molecule has 146 valence electrons. The van der Waals surface area contributed by atoms with E-state index >= 15 is 0 Å². The standard InChI is InChI=1S/C20H24ClN3O2.ClH/c1-13(2)19(22)20(26)24-12-18(25)23-11-15-5-3-4-6-17(15)14-7-9-16(21)10-8-14;/h3-10,13,19H,11-12,22H2,1-2H3,(H,23,25)(H,24,26);1H/t19-;/m0./s1. The summed E-state index contributed by atoms with van der Waals surface area (Å²) in [6, 6.07) is 14.7. The molecule has 1 atom stereocenters. The van der Waals surface area contributed by atoms with Crippen LogP contribution in [-0.4, -0.2) is 24.4 Å². The van der Waals surface area contributed by atoms with Gasteiger partial charge in [-0.25, -0.2) is 0 Å². The summed E-state index contributed by atoms with van der Waals surface area (Å²) in [6.45, 7) is 3.99. The molecule has 27 heavy (non-hydrogen) atoms. The maximum absolute atomic E-state index is 12.0. The lowest BCUT2D eigenvalue weighted by Gasteiger charge is -2.15. The Morgan fingerprint density at radius 3 is 2.30 bits per heavy atom. The van der Waals surface area contributed by atoms with Crippen LogP contribution in [0, 0.1) is 5.92 Å². The smallest absolute Gasteiger partial charge is 0.239 e. The van der Waals surface area contributed by atoms with Crippen LogP contribution in [0.15, 0.2) is 48.5 Å². The highest BCUT2D eigenvalue weighted by molar-refractivity contribution is 6.30. The molecule has 2 rings (SSSR count). The number of hydrogen-bond donors (Lipinski definition) is 3. The zero-order valence-electron chi connectivity index (χ0n) is 15.4. The van der Waals surface area contributed by atoms with Gasteiger partial charge in [-0.3, -0.25) is 9.59 Å². The second kappa shape index (κ2) is 10.9. The first-order chi connectivity index (χ1) is 12.4. The van der Waals surface area contributed by atoms with Crippen LogP contribution in [0.25, 0.3) is 11.1 Å². The summed E-state index contributed by atoms with van der Waals surface area (Å²) < 4.78 is 0. The highest BCUT2D eigenvalue weighted by Gasteiger charge is 2.17. The summed E-state index contributed by atoms with van der Waals surface area (Å²) >= 11 is 5.94. The normalized spacial score (nSPS) is 11.4. The Bertz CT molecular complexity index is 764. The molecule has 0 aliphatic heterocycles. The van der Waals surface area contributed by atoms with E-state index in [0.29, 0.717) is 11.6 Å². The first-order valence-electron chi connectivity index (χ1n) is 8.52. The number of benzene rings is 2. The van der Waals surface area contributed by atoms with Gasteiger partial charge in [0.15, 0.2) is 0 Å². The topological polar surface area (TPSA) is 84.2 Å². The van der Waals surface area contributed by atoms with Gasteiger partial charge in [-0.05, 0) is 34.7 Å². The van der Waals surface area contributed by atoms with E-state index in [1.165, 1.54) is 0 Å². The van der Waals surface area contributed by atoms with E-state index in [1.54, 1.807) is 0 Å². The largest absolute Gasteiger partial charge is 0.350 e. The molecule has 2 amide bonds. The highest BCUT2D eigenvalue weighted by atomic mass is 35.5. The molecule has 0 bridgehead atoms. The van der Waals surface area contributed by atoms with Gasteiger partial charge in [-0.2, -0.15) is 0 Å². The van der Waals surface area contributed by atoms with Gasteiger partial charge in [-0.1, -0.05) is 61.8 Å². The summed E-state index contributed by atoms with van der Waals surface area (Å²) in [7, 11) is 0. The highest BCUT2D eigenvalue weighted by Crippen LogP contribution is 2.25. The Morgan fingerprint density at radius 2 is 1.67 bits per heavy atom. The van der Waals surface area contributed by atoms with Gasteiger partial charge in [0.25, 0.3) is 0 Å². The second-order valence-corrected chi connectivity index (χ2v) is 6.86. The van der Waals surface area contributed by atoms with Crippen molar-refractivity contribution in [3.63, 3.8) is 0 Å². The van der Waals surface area contributed by atoms with Gasteiger partial charge >= 0.3 is 0 Å². The number of amides is 2. The Hall–Kier alpha value is -2.08. The van der Waals surface area contributed by atoms with E-state index in [4.69, 9.17) is 17.3 Å². The molecule has 7 heteroatoms. The van der Waals surface area contributed by atoms with Crippen molar-refractivity contribution < 1.29 is 9.59 Å². The average molecular weight is 410 g/mol. The van der Waals surface area contributed by atoms with E-state index in [2.05, 4.69) is 10.6 Å². The van der Waals surface area contributed by atoms with Crippen molar-refractivity contribution in [2.24, 2.45) is 11.7 Å². The van der Waals surface area contributed by atoms with E-state index in [0.717, 1.165) is 16.7 Å². The van der Waals surface area contributed by atoms with Crippen molar-refractivity contribution in [1.29, 1.82) is 0 Å². The molecule has 0 saturated carbocycles. The number of carbonyl (C=O) groups is 2. The predicted molar refractivity (Wildman–Crippen MR) is 112 cm³/mol. The molecular formula is C20H25Cl2N3O2. The minimum absolute atomic E-state index is 0. The van der Waals surface area contributed by atoms with Crippen LogP contribution < -0.4 is 16.4 Å². The lowest BCUT2D eigenvalue weighted by Crippen LogP contribution is -2.47. The minimum atomic E-state index is -0.617. The van der Waals surface area contributed by atoms with Crippen molar-refractivity contribution in [1.82, 2.24) is 10.6 Å². The first kappa shape index (κ1) is 23.0. The quantitative estimate of drug-likeness (QED) is 0.656. The SMILES string of the molecule is CC(C)[C@H](N)C(=O)NCC(=O)NCc1ccccc1-c1ccc(Cl)cc1.Cl. The van der Waals surface area contributed by atoms with Gasteiger partial charge in [0.2, 0.25) is 11.8 Å². The molecule has 0 saturated heterocycles. The average Bonchev–Trinajstić information content (AvgIpc) is 2.64. The van der Waals surface area contributed by atoms with Crippen LogP contribution in [0.4, 0.5) is 0 Å². The number of rotatable bonds is 7. The number of hydrogen-bond acceptors (Lipinski definition) is 3. The third-order valence-corrected chi connectivity index (χ3v) is 4.34. The van der Waals surface area contributed by atoms with Crippen molar-refractivity contribution in [3.05, 3.63) is 59.1 Å². The molecular weight excluding hydrogens is 385 g/mol. The summed E-state index contributed by atoms with van der Waals surface area (Å²) in [5.41, 5.74) is 8.78. The molecule has 0 heterocycles. The molecule has 0 aromatic heterocycles. The summed E-state index contributed by atoms with van der Waals surface area (Å²) in [6.07, 6.45) is 0. The van der Waals surface area contributed by atoms with Crippen LogP contribution in [0.1, 0.15) is 19.4 Å². The van der Waals surface area contributed by atoms with Crippen molar-refractivity contribution in [3.8, 4) is 11.1 Å². The fourth-order valence-corrected chi connectivity index (χ4v) is 2.56. The summed E-state index contributed by atoms with van der Waals surface area (Å²) in [4.78, 5) is 23.8. The van der Waals surface area contributed by atoms with E-state index in [-0.39, 0.29) is 36.7 Å². The third-order valence-electron chi connectivity index (χ3n) is 4.09. The molecule has 0 aliphatic rings. The molecule has 2 aromatic rings. The predicted octanol–water partition coefficient (Wildman–Crippen LogP) is 3.14. The fraction of sp³-hybridized carbons (Fsp3) is 0.300. The van der Waals surface area contributed by atoms with E-state index < -0.39 is 6.04 Å². The van der Waals surface area contributed by atoms with Crippen molar-refractivity contribution >= 4 is 35.8 Å². The zero-order valence-corrected chi connectivity index (χ0v) is 16.9. The van der Waals surface area contributed by atoms with Crippen LogP contribution >= 0.6 is 24.0 Å². The van der Waals surface area contributed by atoms with Crippen LogP contribution in [-0.2, 0) is 16.1 Å². The Labute approximate surface area is 171 Å². The van der Waals surface area contributed by atoms with Crippen LogP contribution in [0.3, 0.4) is 0 Å². The molecule has 5 nitrogen and oxygen atoms in total. The first-order valence-corrected chi connectivity index (χ1v) is 8.90. The van der Waals surface area contributed by atoms with Crippen molar-refractivity contribution in [2.45, 2.75) is 26.4 Å². The molecule has 2 aromatic carbocycles. The number of nitrogens with two attached hydrogens (primary N) is 1. The molecule has 0 aliphatic carbocycles. The second-order valence-electron chi connectivity index (χ2n) is 6.43. The Balaban J connectivity index is 0.00000364. The van der Waals surface area contributed by atoms with Gasteiger partial charge in [-0.15, -0.1) is 12.4 Å². The molecule has 4 N–H and O–H groups in total. The van der Waals surface area contributed by atoms with Gasteiger partial charge in [0, 0.05) is 11.6 Å². The van der Waals surface area contributed by atoms with Crippen molar-refractivity contribution in [2.75, 3.05) is 6.54 Å². The number of nitrogens with one attached hydrogen (secondary N) is 2. The van der Waals surface area contributed by atoms with Crippen LogP contribution in [0.5, 0.6) is 0 Å². The summed E-state index contributed by atoms with van der Waals surface area (Å²) in [5.74, 6) is -0.568. The van der Waals surface area contributed by atoms with Gasteiger partial charge in [0.1, 0.15) is 0 Å². The monoisotopic (exact) mass is 409 g/mol. The minimum Gasteiger partial charge on any atom is -0.350 e. The fourth-order valence-electron chi connectivity index (χ4n) is 2.43. The lowest BCUT2D eigenvalue weighted by atomic mass is 10.00. The van der Waals surface area contributed by atoms with Crippen LogP contribution in [0.2, 0.25) is 5.02 Å². The maximum atomic E-state index is 12.0. The number of carbonyl (C=O) groups excluding carboxylic acids is 2. The third kappa shape index (κ3) is 6.86. The molecule has 0 radical (unpaired) electrons.